The Balaban J connectivity index is 0.000000233. The Bertz CT molecular complexity index is 1410. The van der Waals surface area contributed by atoms with Gasteiger partial charge in [-0.25, -0.2) is 0 Å². The van der Waals surface area contributed by atoms with Gasteiger partial charge >= 0.3 is 0 Å². The Labute approximate surface area is 509 Å². The van der Waals surface area contributed by atoms with Crippen molar-refractivity contribution in [2.24, 2.45) is 104 Å². The molecule has 0 aliphatic heterocycles. The Hall–Kier alpha value is 0. The molecular formula is C80H156. The molecule has 0 amide bonds. The van der Waals surface area contributed by atoms with Crippen LogP contribution in [-0.4, -0.2) is 0 Å². The van der Waals surface area contributed by atoms with Crippen molar-refractivity contribution in [2.75, 3.05) is 0 Å². The molecule has 0 radical (unpaired) electrons. The molecule has 0 nitrogen and oxygen atoms in total. The molecule has 4 unspecified atom stereocenters. The minimum Gasteiger partial charge on any atom is -0.0654 e. The maximum Gasteiger partial charge on any atom is -0.0328 e. The summed E-state index contributed by atoms with van der Waals surface area (Å²) < 4.78 is 0. The summed E-state index contributed by atoms with van der Waals surface area (Å²) in [5, 5.41) is 0. The first-order chi connectivity index (χ1) is 37.8. The molecule has 12 fully saturated rings. The average molecular weight is 1120 g/mol. The topological polar surface area (TPSA) is 0 Å². The minimum absolute atomic E-state index is 0.653. The van der Waals surface area contributed by atoms with Crippen LogP contribution in [0.4, 0.5) is 0 Å². The van der Waals surface area contributed by atoms with Gasteiger partial charge < -0.3 is 0 Å². The van der Waals surface area contributed by atoms with Gasteiger partial charge in [-0.2, -0.15) is 0 Å². The van der Waals surface area contributed by atoms with E-state index in [9.17, 15) is 0 Å². The van der Waals surface area contributed by atoms with Gasteiger partial charge in [0.2, 0.25) is 0 Å². The van der Waals surface area contributed by atoms with Crippen LogP contribution >= 0.6 is 0 Å². The lowest BCUT2D eigenvalue weighted by molar-refractivity contribution is 0.244. The van der Waals surface area contributed by atoms with E-state index in [2.05, 4.69) is 132 Å². The first-order valence-electron chi connectivity index (χ1n) is 37.8. The predicted octanol–water partition coefficient (Wildman–Crippen LogP) is 28.1. The Morgan fingerprint density at radius 3 is 1.11 bits per heavy atom. The van der Waals surface area contributed by atoms with E-state index < -0.39 is 0 Å². The van der Waals surface area contributed by atoms with E-state index in [4.69, 9.17) is 0 Å². The fourth-order valence-corrected chi connectivity index (χ4v) is 18.3. The van der Waals surface area contributed by atoms with E-state index in [-0.39, 0.29) is 0 Å². The molecule has 0 saturated heterocycles. The molecule has 0 aromatic carbocycles. The summed E-state index contributed by atoms with van der Waals surface area (Å²) in [7, 11) is 0. The van der Waals surface area contributed by atoms with Gasteiger partial charge in [0.05, 0.1) is 0 Å². The summed E-state index contributed by atoms with van der Waals surface area (Å²) in [6, 6.07) is 0. The van der Waals surface area contributed by atoms with Gasteiger partial charge in [0.15, 0.2) is 0 Å². The summed E-state index contributed by atoms with van der Waals surface area (Å²) in [6.45, 7) is 45.0. The molecule has 12 rings (SSSR count). The highest BCUT2D eigenvalue weighted by atomic mass is 14.4. The molecule has 12 aliphatic carbocycles. The van der Waals surface area contributed by atoms with Crippen LogP contribution in [0.5, 0.6) is 0 Å². The van der Waals surface area contributed by atoms with Crippen molar-refractivity contribution >= 4 is 0 Å². The van der Waals surface area contributed by atoms with Crippen molar-refractivity contribution in [3.05, 3.63) is 0 Å². The van der Waals surface area contributed by atoms with Crippen LogP contribution in [0.1, 0.15) is 408 Å². The summed E-state index contributed by atoms with van der Waals surface area (Å²) in [4.78, 5) is 0. The molecule has 0 heterocycles. The van der Waals surface area contributed by atoms with Gasteiger partial charge in [-0.05, 0) is 207 Å². The first kappa shape index (κ1) is 74.3. The third-order valence-corrected chi connectivity index (χ3v) is 26.0. The molecule has 0 N–H and O–H groups in total. The molecule has 12 saturated carbocycles. The van der Waals surface area contributed by atoms with E-state index in [0.717, 1.165) is 87.8 Å². The van der Waals surface area contributed by atoms with Gasteiger partial charge in [0.25, 0.3) is 0 Å². The molecule has 7 atom stereocenters. The first-order valence-corrected chi connectivity index (χ1v) is 37.8. The van der Waals surface area contributed by atoms with E-state index in [1.807, 2.05) is 0 Å². The fraction of sp³-hybridized carbons (Fsp3) is 1.00. The molecule has 0 aromatic heterocycles. The number of fused-ring (bicyclic) bond motifs is 4. The molecule has 80 heavy (non-hydrogen) atoms. The number of rotatable bonds is 6. The van der Waals surface area contributed by atoms with Crippen molar-refractivity contribution in [1.29, 1.82) is 0 Å². The van der Waals surface area contributed by atoms with Gasteiger partial charge in [-0.15, -0.1) is 0 Å². The monoisotopic (exact) mass is 1120 g/mol. The maximum absolute atomic E-state index is 2.44. The summed E-state index contributed by atoms with van der Waals surface area (Å²) in [6.07, 6.45) is 63.7. The number of hydrogen-bond acceptors (Lipinski definition) is 0. The zero-order chi connectivity index (χ0) is 59.4. The zero-order valence-corrected chi connectivity index (χ0v) is 59.4. The van der Waals surface area contributed by atoms with Crippen molar-refractivity contribution in [3.8, 4) is 0 Å². The lowest BCUT2D eigenvalue weighted by atomic mass is 9.78. The van der Waals surface area contributed by atoms with Crippen LogP contribution in [0, 0.1) is 104 Å². The lowest BCUT2D eigenvalue weighted by Gasteiger charge is -2.28. The van der Waals surface area contributed by atoms with Crippen molar-refractivity contribution in [3.63, 3.8) is 0 Å². The highest BCUT2D eigenvalue weighted by Crippen LogP contribution is 2.50. The predicted molar refractivity (Wildman–Crippen MR) is 364 cm³/mol. The molecule has 4 bridgehead atoms. The summed E-state index contributed by atoms with van der Waals surface area (Å²) in [5.74, 6) is 13.9. The van der Waals surface area contributed by atoms with Gasteiger partial charge in [0.1, 0.15) is 0 Å². The SMILES string of the molecule is CC(C)C1CCCC1.CC1(C)CCCCC1.CC1C2CCC1CC2.CCC1(C)CCCC1.CCC1(C)CCCC1.CCC1CCCC1C.CCCC1CCCC1.C[C@H]1CC2CCC1C2.C[C@H]1CCC(C)(C)C1.C[C@H]1CCCC1(C)C. The Morgan fingerprint density at radius 2 is 0.900 bits per heavy atom. The number of hydrogen-bond donors (Lipinski definition) is 0. The van der Waals surface area contributed by atoms with Gasteiger partial charge in [-0.1, -0.05) is 305 Å². The second-order valence-electron chi connectivity index (χ2n) is 34.8. The summed E-state index contributed by atoms with van der Waals surface area (Å²) in [5.41, 5.74) is 3.47. The van der Waals surface area contributed by atoms with E-state index >= 15 is 0 Å². The van der Waals surface area contributed by atoms with Crippen LogP contribution < -0.4 is 0 Å². The van der Waals surface area contributed by atoms with Crippen LogP contribution in [0.3, 0.4) is 0 Å². The largest absolute Gasteiger partial charge is 0.0654 e. The van der Waals surface area contributed by atoms with Crippen LogP contribution in [0.25, 0.3) is 0 Å². The van der Waals surface area contributed by atoms with Gasteiger partial charge in [0, 0.05) is 0 Å². The third-order valence-electron chi connectivity index (χ3n) is 26.0. The fourth-order valence-electron chi connectivity index (χ4n) is 18.3. The lowest BCUT2D eigenvalue weighted by Crippen LogP contribution is -2.14. The van der Waals surface area contributed by atoms with Crippen LogP contribution in [-0.2, 0) is 0 Å². The summed E-state index contributed by atoms with van der Waals surface area (Å²) >= 11 is 0. The second-order valence-corrected chi connectivity index (χ2v) is 34.8. The molecule has 0 heteroatoms. The molecular weight excluding hydrogens is 961 g/mol. The minimum atomic E-state index is 0.653. The highest BCUT2D eigenvalue weighted by molar-refractivity contribution is 4.89. The smallest absolute Gasteiger partial charge is 0.0328 e. The van der Waals surface area contributed by atoms with E-state index in [1.54, 1.807) is 51.4 Å². The van der Waals surface area contributed by atoms with Crippen LogP contribution in [0.2, 0.25) is 0 Å². The Morgan fingerprint density at radius 1 is 0.400 bits per heavy atom. The average Bonchev–Trinajstić information content (AvgIpc) is 4.25. The standard InChI is InChI=1S/2C8H14.8C8H16/c1-6-4-7-2-3-8(6)5-7;1-6-7-2-3-8(6)5-4-7;1-7-4-5-8(2,3)6-7;1-7-5-4-6-8(7,2)3;1-8(2)6-4-3-5-7-8;1-7(2)8-5-3-4-6-8;2*1-3-8(2)6-4-5-7-8;1-3-8-6-4-5-7(8)2;1-2-5-8-6-3-4-7-8/h2*6-8H,2-5H2,1H3;2*7H,4-6H2,1-3H3;3-7H2,1-2H3;7-8H,3-6H2,1-2H3;2*3-7H2,1-2H3;7-8H,3-6H2,1-2H3;8H,2-7H2,1H3/t6-,7?,8?;;2*7-;;;;;;/m0.00....../s1. The highest BCUT2D eigenvalue weighted by Gasteiger charge is 2.39. The Kier molecular flexibility index (Phi) is 35.6. The van der Waals surface area contributed by atoms with Crippen molar-refractivity contribution < 1.29 is 0 Å². The molecule has 0 spiro atoms. The van der Waals surface area contributed by atoms with Crippen molar-refractivity contribution in [1.82, 2.24) is 0 Å². The third kappa shape index (κ3) is 29.1. The van der Waals surface area contributed by atoms with Crippen molar-refractivity contribution in [2.45, 2.75) is 408 Å². The zero-order valence-electron chi connectivity index (χ0n) is 59.4. The van der Waals surface area contributed by atoms with E-state index in [0.29, 0.717) is 16.2 Å². The van der Waals surface area contributed by atoms with E-state index in [1.165, 1.54) is 225 Å². The second kappa shape index (κ2) is 38.3. The molecule has 0 aromatic rings. The normalized spacial score (nSPS) is 34.0. The van der Waals surface area contributed by atoms with Crippen LogP contribution in [0.15, 0.2) is 0 Å². The molecule has 12 aliphatic rings. The molecule has 476 valence electrons. The van der Waals surface area contributed by atoms with Gasteiger partial charge in [-0.3, -0.25) is 0 Å². The maximum atomic E-state index is 2.44. The quantitative estimate of drug-likeness (QED) is 0.249.